The summed E-state index contributed by atoms with van der Waals surface area (Å²) < 4.78 is 75.4. The molecule has 256 valence electrons. The lowest BCUT2D eigenvalue weighted by Gasteiger charge is -2.56. The first-order valence-electron chi connectivity index (χ1n) is 16.4. The Morgan fingerprint density at radius 3 is 2.06 bits per heavy atom. The van der Waals surface area contributed by atoms with Gasteiger partial charge in [0.15, 0.2) is 0 Å². The number of Topliss-reactive ketones (excluding diaryl/α,β-unsaturated/α-hetero) is 1. The van der Waals surface area contributed by atoms with Crippen LogP contribution < -0.4 is 10.4 Å². The van der Waals surface area contributed by atoms with Gasteiger partial charge in [0.05, 0.1) is 0 Å². The Bertz CT molecular complexity index is 1570. The van der Waals surface area contributed by atoms with E-state index in [4.69, 9.17) is 4.43 Å². The van der Waals surface area contributed by atoms with E-state index in [2.05, 4.69) is 75.7 Å². The second-order valence-corrected chi connectivity index (χ2v) is 21.4. The van der Waals surface area contributed by atoms with E-state index in [9.17, 15) is 26.4 Å². The van der Waals surface area contributed by atoms with Gasteiger partial charge in [-0.15, -0.1) is 0 Å². The quantitative estimate of drug-likeness (QED) is 0.0877. The molecule has 0 aromatic heterocycles. The van der Waals surface area contributed by atoms with Crippen LogP contribution in [-0.4, -0.2) is 34.6 Å². The second kappa shape index (κ2) is 12.3. The first kappa shape index (κ1) is 35.6. The molecule has 1 spiro atoms. The molecule has 2 saturated carbocycles. The molecule has 0 heterocycles. The minimum Gasteiger partial charge on any atom is -0.407 e. The number of rotatable bonds is 9. The summed E-state index contributed by atoms with van der Waals surface area (Å²) in [4.78, 5) is 14.3. The molecule has 0 amide bonds. The molecule has 47 heavy (non-hydrogen) atoms. The maximum Gasteiger partial charge on any atom is 0.534 e. The molecule has 0 bridgehead atoms. The highest BCUT2D eigenvalue weighted by atomic mass is 32.2. The summed E-state index contributed by atoms with van der Waals surface area (Å²) in [7, 11) is -8.82. The van der Waals surface area contributed by atoms with Gasteiger partial charge in [-0.2, -0.15) is 21.6 Å². The molecule has 0 aliphatic heterocycles. The van der Waals surface area contributed by atoms with Crippen LogP contribution in [-0.2, 0) is 23.5 Å². The molecule has 3 aliphatic carbocycles. The van der Waals surface area contributed by atoms with Crippen LogP contribution in [0.4, 0.5) is 13.2 Å². The molecule has 0 saturated heterocycles. The molecular formula is C37H47F3O5SSi. The van der Waals surface area contributed by atoms with Crippen molar-refractivity contribution in [3.63, 3.8) is 0 Å². The van der Waals surface area contributed by atoms with Crippen molar-refractivity contribution in [2.45, 2.75) is 90.1 Å². The number of carbonyl (C=O) groups excluding carboxylic acids is 1. The van der Waals surface area contributed by atoms with Gasteiger partial charge in [-0.25, -0.2) is 0 Å². The zero-order valence-electron chi connectivity index (χ0n) is 28.0. The molecule has 3 aliphatic rings. The number of hydrogen-bond acceptors (Lipinski definition) is 5. The van der Waals surface area contributed by atoms with Crippen LogP contribution in [0.25, 0.3) is 0 Å². The lowest BCUT2D eigenvalue weighted by atomic mass is 9.49. The smallest absolute Gasteiger partial charge is 0.407 e. The number of benzene rings is 2. The van der Waals surface area contributed by atoms with Crippen LogP contribution in [0.2, 0.25) is 5.04 Å². The van der Waals surface area contributed by atoms with E-state index in [0.29, 0.717) is 19.4 Å². The van der Waals surface area contributed by atoms with Gasteiger partial charge in [-0.1, -0.05) is 120 Å². The highest BCUT2D eigenvalue weighted by Crippen LogP contribution is 2.69. The molecule has 5 rings (SSSR count). The fourth-order valence-corrected chi connectivity index (χ4v) is 14.5. The van der Waals surface area contributed by atoms with Crippen molar-refractivity contribution in [3.8, 4) is 0 Å². The Morgan fingerprint density at radius 2 is 1.53 bits per heavy atom. The highest BCUT2D eigenvalue weighted by molar-refractivity contribution is 7.87. The zero-order chi connectivity index (χ0) is 34.5. The van der Waals surface area contributed by atoms with Gasteiger partial charge in [0.1, 0.15) is 11.5 Å². The molecular weight excluding hydrogens is 642 g/mol. The van der Waals surface area contributed by atoms with Gasteiger partial charge in [0, 0.05) is 24.9 Å². The number of allylic oxidation sites excluding steroid dienone is 3. The molecule has 2 aromatic carbocycles. The Kier molecular flexibility index (Phi) is 9.34. The van der Waals surface area contributed by atoms with Crippen molar-refractivity contribution in [3.05, 3.63) is 85.2 Å². The second-order valence-electron chi connectivity index (χ2n) is 15.5. The van der Waals surface area contributed by atoms with Crippen LogP contribution in [0.1, 0.15) is 79.6 Å². The number of fused-ring (bicyclic) bond motifs is 2. The first-order valence-corrected chi connectivity index (χ1v) is 19.8. The van der Waals surface area contributed by atoms with E-state index < -0.39 is 40.5 Å². The summed E-state index contributed by atoms with van der Waals surface area (Å²) in [6.07, 6.45) is 7.44. The third-order valence-corrected chi connectivity index (χ3v) is 17.5. The van der Waals surface area contributed by atoms with Crippen LogP contribution >= 0.6 is 0 Å². The number of carbonyl (C=O) groups is 1. The van der Waals surface area contributed by atoms with Gasteiger partial charge in [0.25, 0.3) is 8.32 Å². The minimum atomic E-state index is -5.90. The number of hydrogen-bond donors (Lipinski definition) is 0. The monoisotopic (exact) mass is 688 g/mol. The average molecular weight is 689 g/mol. The lowest BCUT2D eigenvalue weighted by molar-refractivity contribution is -0.127. The topological polar surface area (TPSA) is 69.7 Å². The number of alkyl halides is 3. The third-order valence-electron chi connectivity index (χ3n) is 11.4. The maximum absolute atomic E-state index is 14.3. The molecule has 5 nitrogen and oxygen atoms in total. The lowest BCUT2D eigenvalue weighted by Crippen LogP contribution is -2.67. The molecule has 4 atom stereocenters. The summed E-state index contributed by atoms with van der Waals surface area (Å²) in [6.45, 7) is 15.2. The largest absolute Gasteiger partial charge is 0.534 e. The van der Waals surface area contributed by atoms with Gasteiger partial charge >= 0.3 is 15.6 Å². The van der Waals surface area contributed by atoms with E-state index in [1.807, 2.05) is 42.5 Å². The zero-order valence-corrected chi connectivity index (χ0v) is 29.8. The fourth-order valence-electron chi connectivity index (χ4n) is 9.45. The maximum atomic E-state index is 14.3. The van der Waals surface area contributed by atoms with E-state index in [0.717, 1.165) is 29.6 Å². The molecule has 10 heteroatoms. The molecule has 0 unspecified atom stereocenters. The van der Waals surface area contributed by atoms with Crippen molar-refractivity contribution in [1.82, 2.24) is 0 Å². The van der Waals surface area contributed by atoms with Crippen molar-refractivity contribution in [2.24, 2.45) is 28.1 Å². The van der Waals surface area contributed by atoms with Crippen LogP contribution in [0.15, 0.2) is 85.2 Å². The summed E-state index contributed by atoms with van der Waals surface area (Å²) in [6, 6.07) is 20.8. The normalized spacial score (nSPS) is 27.9. The predicted octanol–water partition coefficient (Wildman–Crippen LogP) is 8.07. The number of ketones is 1. The first-order chi connectivity index (χ1) is 21.8. The Labute approximate surface area is 278 Å². The Balaban J connectivity index is 1.57. The van der Waals surface area contributed by atoms with Crippen molar-refractivity contribution in [1.29, 1.82) is 0 Å². The SMILES string of the molecule is C=C(C[C@]12CC=CC[C@H]1[C@@]1(CCCC(C)(C)[C@H]1CO[Si](c1ccccc1)(c1ccccc1)C(C)(C)C)CC2=O)OS(=O)(=O)C(F)(F)F. The van der Waals surface area contributed by atoms with Gasteiger partial charge in [0.2, 0.25) is 0 Å². The minimum absolute atomic E-state index is 0.0409. The molecule has 0 N–H and O–H groups in total. The average Bonchev–Trinajstić information content (AvgIpc) is 3.21. The van der Waals surface area contributed by atoms with Gasteiger partial charge in [-0.3, -0.25) is 4.79 Å². The predicted molar refractivity (Wildman–Crippen MR) is 181 cm³/mol. The van der Waals surface area contributed by atoms with E-state index in [1.165, 1.54) is 0 Å². The third kappa shape index (κ3) is 6.07. The highest BCUT2D eigenvalue weighted by Gasteiger charge is 2.67. The fraction of sp³-hybridized carbons (Fsp3) is 0.541. The van der Waals surface area contributed by atoms with Gasteiger partial charge in [-0.05, 0) is 63.8 Å². The van der Waals surface area contributed by atoms with Crippen molar-refractivity contribution < 1.29 is 35.0 Å². The molecule has 0 radical (unpaired) electrons. The van der Waals surface area contributed by atoms with E-state index in [-0.39, 0.29) is 40.9 Å². The van der Waals surface area contributed by atoms with E-state index in [1.54, 1.807) is 0 Å². The van der Waals surface area contributed by atoms with Crippen molar-refractivity contribution >= 4 is 34.6 Å². The standard InChI is InChI=1S/C37H47F3O5SSi/c1-27(45-46(42,43)37(38,39)40)24-36-22-14-13-20-30(36)35(25-32(36)41)23-15-21-34(5,6)31(35)26-44-47(33(2,3)4,28-16-9-7-10-17-28)29-18-11-8-12-19-29/h7-14,16-19,30-31H,1,15,20-26H2,2-6H3/t30-,31+,35+,36+/m0/s1. The Hall–Kier alpha value is -2.69. The van der Waals surface area contributed by atoms with E-state index >= 15 is 0 Å². The molecule has 2 fully saturated rings. The van der Waals surface area contributed by atoms with Gasteiger partial charge < -0.3 is 8.61 Å². The van der Waals surface area contributed by atoms with Crippen LogP contribution in [0.3, 0.4) is 0 Å². The van der Waals surface area contributed by atoms with Crippen LogP contribution in [0.5, 0.6) is 0 Å². The molecule has 2 aromatic rings. The summed E-state index contributed by atoms with van der Waals surface area (Å²) in [5.41, 5.74) is -7.38. The van der Waals surface area contributed by atoms with Crippen LogP contribution in [0, 0.1) is 28.1 Å². The van der Waals surface area contributed by atoms with Crippen molar-refractivity contribution in [2.75, 3.05) is 6.61 Å². The summed E-state index contributed by atoms with van der Waals surface area (Å²) >= 11 is 0. The summed E-state index contributed by atoms with van der Waals surface area (Å²) in [5.74, 6) is -0.882. The Morgan fingerprint density at radius 1 is 0.957 bits per heavy atom. The number of halogens is 3. The summed E-state index contributed by atoms with van der Waals surface area (Å²) in [5, 5.41) is 2.08.